The summed E-state index contributed by atoms with van der Waals surface area (Å²) in [6.07, 6.45) is -1.29. The van der Waals surface area contributed by atoms with Gasteiger partial charge >= 0.3 is 6.09 Å². The molecule has 0 saturated heterocycles. The fourth-order valence-corrected chi connectivity index (χ4v) is 3.99. The maximum atomic E-state index is 13.0. The van der Waals surface area contributed by atoms with E-state index >= 15 is 0 Å². The number of hydrogen-bond acceptors (Lipinski definition) is 5. The summed E-state index contributed by atoms with van der Waals surface area (Å²) < 4.78 is 17.6. The van der Waals surface area contributed by atoms with Crippen LogP contribution in [0.25, 0.3) is 0 Å². The zero-order valence-corrected chi connectivity index (χ0v) is 16.9. The zero-order chi connectivity index (χ0) is 18.7. The van der Waals surface area contributed by atoms with Gasteiger partial charge in [0.05, 0.1) is 21.8 Å². The van der Waals surface area contributed by atoms with E-state index in [-0.39, 0.29) is 12.7 Å². The standard InChI is InChI=1S/C18H24BrNO5/c1-9-10-7-11(19)13-14(24-8-23-13)12(10)20(18(5,6)15(9)21)16(22)25-17(2,3)4/h7,9,15,21H,8H2,1-6H3. The Morgan fingerprint density at radius 3 is 2.56 bits per heavy atom. The van der Waals surface area contributed by atoms with Crippen molar-refractivity contribution in [1.29, 1.82) is 0 Å². The Labute approximate surface area is 156 Å². The fraction of sp³-hybridized carbons (Fsp3) is 0.611. The van der Waals surface area contributed by atoms with Crippen molar-refractivity contribution < 1.29 is 24.1 Å². The second kappa shape index (κ2) is 5.77. The molecule has 0 fully saturated rings. The first-order valence-electron chi connectivity index (χ1n) is 8.28. The van der Waals surface area contributed by atoms with E-state index in [0.29, 0.717) is 17.2 Å². The highest BCUT2D eigenvalue weighted by molar-refractivity contribution is 9.10. The first-order chi connectivity index (χ1) is 11.4. The van der Waals surface area contributed by atoms with E-state index in [1.54, 1.807) is 0 Å². The number of aliphatic hydroxyl groups excluding tert-OH is 1. The summed E-state index contributed by atoms with van der Waals surface area (Å²) in [5, 5.41) is 10.9. The lowest BCUT2D eigenvalue weighted by molar-refractivity contribution is 0.0334. The average molecular weight is 414 g/mol. The molecule has 3 rings (SSSR count). The van der Waals surface area contributed by atoms with Crippen molar-refractivity contribution in [1.82, 2.24) is 0 Å². The van der Waals surface area contributed by atoms with Gasteiger partial charge in [0.1, 0.15) is 5.60 Å². The molecule has 7 heteroatoms. The van der Waals surface area contributed by atoms with Gasteiger partial charge in [-0.05, 0) is 62.2 Å². The number of nitrogens with zero attached hydrogens (tertiary/aromatic N) is 1. The van der Waals surface area contributed by atoms with E-state index in [9.17, 15) is 9.90 Å². The molecule has 0 aliphatic carbocycles. The molecule has 138 valence electrons. The summed E-state index contributed by atoms with van der Waals surface area (Å²) in [7, 11) is 0. The molecule has 2 aliphatic heterocycles. The predicted octanol–water partition coefficient (Wildman–Crippen LogP) is 4.18. The van der Waals surface area contributed by atoms with Crippen molar-refractivity contribution in [2.75, 3.05) is 11.7 Å². The van der Waals surface area contributed by atoms with Crippen LogP contribution in [-0.2, 0) is 4.74 Å². The number of carbonyl (C=O) groups is 1. The zero-order valence-electron chi connectivity index (χ0n) is 15.3. The second-order valence-electron chi connectivity index (χ2n) is 8.06. The van der Waals surface area contributed by atoms with E-state index < -0.39 is 23.3 Å². The summed E-state index contributed by atoms with van der Waals surface area (Å²) >= 11 is 3.49. The predicted molar refractivity (Wildman–Crippen MR) is 97.5 cm³/mol. The van der Waals surface area contributed by atoms with Crippen LogP contribution in [0.3, 0.4) is 0 Å². The molecule has 2 atom stereocenters. The van der Waals surface area contributed by atoms with Gasteiger partial charge in [-0.3, -0.25) is 4.90 Å². The Morgan fingerprint density at radius 1 is 1.36 bits per heavy atom. The summed E-state index contributed by atoms with van der Waals surface area (Å²) in [5.74, 6) is 0.878. The van der Waals surface area contributed by atoms with Crippen LogP contribution in [-0.4, -0.2) is 35.2 Å². The summed E-state index contributed by atoms with van der Waals surface area (Å²) in [6, 6.07) is 1.88. The summed E-state index contributed by atoms with van der Waals surface area (Å²) in [6.45, 7) is 11.1. The van der Waals surface area contributed by atoms with Crippen molar-refractivity contribution in [2.45, 2.75) is 64.7 Å². The Morgan fingerprint density at radius 2 is 1.96 bits per heavy atom. The number of hydrogen-bond donors (Lipinski definition) is 1. The van der Waals surface area contributed by atoms with Crippen molar-refractivity contribution in [3.05, 3.63) is 16.1 Å². The quantitative estimate of drug-likeness (QED) is 0.690. The number of amides is 1. The van der Waals surface area contributed by atoms with Gasteiger partial charge in [-0.25, -0.2) is 4.79 Å². The van der Waals surface area contributed by atoms with Gasteiger partial charge in [0, 0.05) is 5.92 Å². The van der Waals surface area contributed by atoms with Crippen LogP contribution in [0.2, 0.25) is 0 Å². The molecule has 0 radical (unpaired) electrons. The molecule has 0 saturated carbocycles. The molecule has 0 aromatic heterocycles. The molecular formula is C18H24BrNO5. The van der Waals surface area contributed by atoms with Gasteiger partial charge in [0.15, 0.2) is 11.5 Å². The molecule has 1 N–H and O–H groups in total. The summed E-state index contributed by atoms with van der Waals surface area (Å²) in [5.41, 5.74) is -0.110. The van der Waals surface area contributed by atoms with Crippen molar-refractivity contribution in [2.24, 2.45) is 0 Å². The number of halogens is 1. The lowest BCUT2D eigenvalue weighted by Gasteiger charge is -2.49. The summed E-state index contributed by atoms with van der Waals surface area (Å²) in [4.78, 5) is 14.5. The molecule has 2 heterocycles. The molecule has 2 unspecified atom stereocenters. The Hall–Kier alpha value is -1.47. The van der Waals surface area contributed by atoms with Crippen LogP contribution in [0, 0.1) is 0 Å². The van der Waals surface area contributed by atoms with Crippen LogP contribution in [0.5, 0.6) is 11.5 Å². The number of anilines is 1. The smallest absolute Gasteiger partial charge is 0.415 e. The molecule has 1 amide bonds. The van der Waals surface area contributed by atoms with Crippen LogP contribution >= 0.6 is 15.9 Å². The number of aliphatic hydroxyl groups is 1. The highest BCUT2D eigenvalue weighted by Gasteiger charge is 2.51. The molecule has 1 aromatic rings. The molecular weight excluding hydrogens is 390 g/mol. The normalized spacial score (nSPS) is 24.1. The highest BCUT2D eigenvalue weighted by Crippen LogP contribution is 2.55. The van der Waals surface area contributed by atoms with Crippen molar-refractivity contribution >= 4 is 27.7 Å². The monoisotopic (exact) mass is 413 g/mol. The molecule has 0 bridgehead atoms. The lowest BCUT2D eigenvalue weighted by atomic mass is 9.77. The topological polar surface area (TPSA) is 68.2 Å². The van der Waals surface area contributed by atoms with E-state index in [1.165, 1.54) is 4.90 Å². The third-order valence-electron chi connectivity index (χ3n) is 4.66. The average Bonchev–Trinajstić information content (AvgIpc) is 2.95. The molecule has 25 heavy (non-hydrogen) atoms. The van der Waals surface area contributed by atoms with Crippen molar-refractivity contribution in [3.63, 3.8) is 0 Å². The number of ether oxygens (including phenoxy) is 3. The van der Waals surface area contributed by atoms with Crippen LogP contribution in [0.1, 0.15) is 53.0 Å². The van der Waals surface area contributed by atoms with Gasteiger partial charge in [0.2, 0.25) is 6.79 Å². The van der Waals surface area contributed by atoms with E-state index in [2.05, 4.69) is 15.9 Å². The lowest BCUT2D eigenvalue weighted by Crippen LogP contribution is -2.60. The van der Waals surface area contributed by atoms with Crippen LogP contribution in [0.15, 0.2) is 10.5 Å². The second-order valence-corrected chi connectivity index (χ2v) is 8.92. The first-order valence-corrected chi connectivity index (χ1v) is 9.07. The Bertz CT molecular complexity index is 725. The van der Waals surface area contributed by atoms with Crippen molar-refractivity contribution in [3.8, 4) is 11.5 Å². The number of carbonyl (C=O) groups excluding carboxylic acids is 1. The minimum atomic E-state index is -0.873. The third kappa shape index (κ3) is 2.87. The van der Waals surface area contributed by atoms with Gasteiger partial charge < -0.3 is 19.3 Å². The fourth-order valence-electron chi connectivity index (χ4n) is 3.45. The van der Waals surface area contributed by atoms with Gasteiger partial charge in [-0.1, -0.05) is 6.92 Å². The number of rotatable bonds is 0. The highest BCUT2D eigenvalue weighted by atomic mass is 79.9. The Balaban J connectivity index is 2.23. The largest absolute Gasteiger partial charge is 0.452 e. The molecule has 6 nitrogen and oxygen atoms in total. The number of benzene rings is 1. The van der Waals surface area contributed by atoms with E-state index in [1.807, 2.05) is 47.6 Å². The van der Waals surface area contributed by atoms with Gasteiger partial charge in [0.25, 0.3) is 0 Å². The van der Waals surface area contributed by atoms with E-state index in [4.69, 9.17) is 14.2 Å². The molecule has 0 spiro atoms. The maximum absolute atomic E-state index is 13.0. The number of fused-ring (bicyclic) bond motifs is 3. The first kappa shape index (κ1) is 18.3. The molecule has 2 aliphatic rings. The minimum absolute atomic E-state index is 0.0872. The SMILES string of the molecule is CC1c2cc(Br)c3c(c2N(C(=O)OC(C)(C)C)C(C)(C)C1O)OCO3. The Kier molecular flexibility index (Phi) is 4.23. The third-order valence-corrected chi connectivity index (χ3v) is 5.25. The maximum Gasteiger partial charge on any atom is 0.415 e. The van der Waals surface area contributed by atoms with E-state index in [0.717, 1.165) is 10.0 Å². The molecule has 1 aromatic carbocycles. The minimum Gasteiger partial charge on any atom is -0.452 e. The van der Waals surface area contributed by atoms with Crippen LogP contribution in [0.4, 0.5) is 10.5 Å². The van der Waals surface area contributed by atoms with Gasteiger partial charge in [-0.15, -0.1) is 0 Å². The van der Waals surface area contributed by atoms with Gasteiger partial charge in [-0.2, -0.15) is 0 Å². The van der Waals surface area contributed by atoms with Crippen LogP contribution < -0.4 is 14.4 Å².